The van der Waals surface area contributed by atoms with Crippen LogP contribution in [0.5, 0.6) is 11.5 Å². The fourth-order valence-electron chi connectivity index (χ4n) is 3.41. The third kappa shape index (κ3) is 5.56. The molecule has 0 aliphatic heterocycles. The first-order valence-corrected chi connectivity index (χ1v) is 9.65. The summed E-state index contributed by atoms with van der Waals surface area (Å²) >= 11 is 0. The van der Waals surface area contributed by atoms with Gasteiger partial charge in [0.05, 0.1) is 7.11 Å². The van der Waals surface area contributed by atoms with E-state index in [1.54, 1.807) is 0 Å². The summed E-state index contributed by atoms with van der Waals surface area (Å²) < 4.78 is 34.7. The normalized spacial score (nSPS) is 15.8. The minimum atomic E-state index is -3.04. The molecule has 0 unspecified atom stereocenters. The van der Waals surface area contributed by atoms with Crippen molar-refractivity contribution < 1.29 is 27.8 Å². The van der Waals surface area contributed by atoms with Crippen LogP contribution in [0.3, 0.4) is 0 Å². The molecule has 2 N–H and O–H groups in total. The molecule has 0 bridgehead atoms. The second-order valence-electron chi connectivity index (χ2n) is 6.95. The van der Waals surface area contributed by atoms with Crippen molar-refractivity contribution in [2.24, 2.45) is 0 Å². The summed E-state index contributed by atoms with van der Waals surface area (Å²) in [7, 11) is 1.32. The predicted molar refractivity (Wildman–Crippen MR) is 101 cm³/mol. The molecular weight excluding hydrogens is 370 g/mol. The number of benzene rings is 1. The highest BCUT2D eigenvalue weighted by molar-refractivity contribution is 5.99. The fourth-order valence-corrected chi connectivity index (χ4v) is 3.41. The Bertz CT molecular complexity index is 676. The number of carbonyl (C=O) groups is 2. The second-order valence-corrected chi connectivity index (χ2v) is 6.95. The van der Waals surface area contributed by atoms with Crippen LogP contribution in [0.4, 0.5) is 8.78 Å². The lowest BCUT2D eigenvalue weighted by Gasteiger charge is -2.36. The number of unbranched alkanes of at least 4 members (excludes halogenated alkanes) is 1. The van der Waals surface area contributed by atoms with Gasteiger partial charge in [-0.2, -0.15) is 8.78 Å². The maximum absolute atomic E-state index is 12.8. The first kappa shape index (κ1) is 21.9. The molecule has 1 aliphatic carbocycles. The molecule has 156 valence electrons. The summed E-state index contributed by atoms with van der Waals surface area (Å²) in [6.07, 6.45) is 5.60. The lowest BCUT2D eigenvalue weighted by Crippen LogP contribution is -2.59. The SMILES string of the molecule is CCCCNC(=O)C1(NC(=O)c2ccc(OC)c(OC(F)F)c2)CCCCC1. The number of amides is 2. The van der Waals surface area contributed by atoms with Gasteiger partial charge in [-0.1, -0.05) is 32.6 Å². The van der Waals surface area contributed by atoms with E-state index < -0.39 is 18.1 Å². The summed E-state index contributed by atoms with van der Waals surface area (Å²) in [6, 6.07) is 4.05. The van der Waals surface area contributed by atoms with Gasteiger partial charge in [0, 0.05) is 12.1 Å². The number of halogens is 2. The molecule has 1 saturated carbocycles. The quantitative estimate of drug-likeness (QED) is 0.623. The largest absolute Gasteiger partial charge is 0.493 e. The van der Waals surface area contributed by atoms with Crippen molar-refractivity contribution in [1.82, 2.24) is 10.6 Å². The Hall–Kier alpha value is -2.38. The van der Waals surface area contributed by atoms with Crippen molar-refractivity contribution >= 4 is 11.8 Å². The van der Waals surface area contributed by atoms with Crippen LogP contribution in [0.25, 0.3) is 0 Å². The average Bonchev–Trinajstić information content (AvgIpc) is 2.68. The topological polar surface area (TPSA) is 76.7 Å². The Morgan fingerprint density at radius 2 is 1.89 bits per heavy atom. The third-order valence-electron chi connectivity index (χ3n) is 4.95. The number of ether oxygens (including phenoxy) is 2. The number of carbonyl (C=O) groups excluding carboxylic acids is 2. The molecule has 8 heteroatoms. The van der Waals surface area contributed by atoms with E-state index in [2.05, 4.69) is 15.4 Å². The second kappa shape index (κ2) is 10.2. The van der Waals surface area contributed by atoms with Gasteiger partial charge in [-0.3, -0.25) is 9.59 Å². The van der Waals surface area contributed by atoms with Gasteiger partial charge in [0.1, 0.15) is 5.54 Å². The Kier molecular flexibility index (Phi) is 8.02. The zero-order valence-corrected chi connectivity index (χ0v) is 16.4. The minimum Gasteiger partial charge on any atom is -0.493 e. The van der Waals surface area contributed by atoms with Crippen molar-refractivity contribution in [2.75, 3.05) is 13.7 Å². The van der Waals surface area contributed by atoms with E-state index in [0.29, 0.717) is 19.4 Å². The minimum absolute atomic E-state index is 0.0986. The molecule has 0 radical (unpaired) electrons. The summed E-state index contributed by atoms with van der Waals surface area (Å²) in [5, 5.41) is 5.77. The molecule has 1 aliphatic rings. The van der Waals surface area contributed by atoms with E-state index in [0.717, 1.165) is 32.1 Å². The third-order valence-corrected chi connectivity index (χ3v) is 4.95. The highest BCUT2D eigenvalue weighted by Gasteiger charge is 2.40. The highest BCUT2D eigenvalue weighted by Crippen LogP contribution is 2.31. The maximum atomic E-state index is 12.8. The van der Waals surface area contributed by atoms with Gasteiger partial charge in [-0.25, -0.2) is 0 Å². The molecule has 0 heterocycles. The molecule has 2 rings (SSSR count). The van der Waals surface area contributed by atoms with Gasteiger partial charge in [0.2, 0.25) is 5.91 Å². The number of nitrogens with one attached hydrogen (secondary N) is 2. The molecular formula is C20H28F2N2O4. The number of rotatable bonds is 9. The first-order chi connectivity index (χ1) is 13.4. The van der Waals surface area contributed by atoms with Crippen LogP contribution in [-0.4, -0.2) is 37.6 Å². The van der Waals surface area contributed by atoms with Crippen molar-refractivity contribution in [2.45, 2.75) is 64.0 Å². The van der Waals surface area contributed by atoms with Crippen LogP contribution in [0.1, 0.15) is 62.2 Å². The Balaban J connectivity index is 2.20. The van der Waals surface area contributed by atoms with Crippen LogP contribution >= 0.6 is 0 Å². The number of methoxy groups -OCH3 is 1. The van der Waals surface area contributed by atoms with E-state index in [4.69, 9.17) is 4.74 Å². The van der Waals surface area contributed by atoms with Crippen LogP contribution in [0.15, 0.2) is 18.2 Å². The Labute approximate surface area is 164 Å². The van der Waals surface area contributed by atoms with E-state index in [1.807, 2.05) is 6.92 Å². The van der Waals surface area contributed by atoms with Crippen LogP contribution in [-0.2, 0) is 4.79 Å². The number of alkyl halides is 2. The standard InChI is InChI=1S/C20H28F2N2O4/c1-3-4-12-23-18(26)20(10-6-5-7-11-20)24-17(25)14-8-9-15(27-2)16(13-14)28-19(21)22/h8-9,13,19H,3-7,10-12H2,1-2H3,(H,23,26)(H,24,25). The van der Waals surface area contributed by atoms with Crippen molar-refractivity contribution in [1.29, 1.82) is 0 Å². The summed E-state index contributed by atoms with van der Waals surface area (Å²) in [5.74, 6) is -0.822. The maximum Gasteiger partial charge on any atom is 0.387 e. The highest BCUT2D eigenvalue weighted by atomic mass is 19.3. The van der Waals surface area contributed by atoms with Gasteiger partial charge < -0.3 is 20.1 Å². The van der Waals surface area contributed by atoms with Gasteiger partial charge in [0.25, 0.3) is 5.91 Å². The molecule has 1 aromatic carbocycles. The molecule has 0 spiro atoms. The monoisotopic (exact) mass is 398 g/mol. The van der Waals surface area contributed by atoms with E-state index in [-0.39, 0.29) is 23.0 Å². The van der Waals surface area contributed by atoms with Crippen LogP contribution in [0, 0.1) is 0 Å². The smallest absolute Gasteiger partial charge is 0.387 e. The molecule has 0 atom stereocenters. The van der Waals surface area contributed by atoms with E-state index >= 15 is 0 Å². The number of hydrogen-bond acceptors (Lipinski definition) is 4. The van der Waals surface area contributed by atoms with E-state index in [9.17, 15) is 18.4 Å². The predicted octanol–water partition coefficient (Wildman–Crippen LogP) is 3.65. The van der Waals surface area contributed by atoms with Crippen molar-refractivity contribution in [3.63, 3.8) is 0 Å². The van der Waals surface area contributed by atoms with Crippen LogP contribution in [0.2, 0.25) is 0 Å². The summed E-state index contributed by atoms with van der Waals surface area (Å²) in [4.78, 5) is 25.6. The molecule has 2 amide bonds. The van der Waals surface area contributed by atoms with Crippen molar-refractivity contribution in [3.8, 4) is 11.5 Å². The van der Waals surface area contributed by atoms with E-state index in [1.165, 1.54) is 25.3 Å². The van der Waals surface area contributed by atoms with Crippen LogP contribution < -0.4 is 20.1 Å². The zero-order valence-electron chi connectivity index (χ0n) is 16.4. The fraction of sp³-hybridized carbons (Fsp3) is 0.600. The van der Waals surface area contributed by atoms with Gasteiger partial charge >= 0.3 is 6.61 Å². The molecule has 6 nitrogen and oxygen atoms in total. The lowest BCUT2D eigenvalue weighted by molar-refractivity contribution is -0.128. The summed E-state index contributed by atoms with van der Waals surface area (Å²) in [6.45, 7) is -0.448. The van der Waals surface area contributed by atoms with Crippen molar-refractivity contribution in [3.05, 3.63) is 23.8 Å². The molecule has 0 saturated heterocycles. The first-order valence-electron chi connectivity index (χ1n) is 9.65. The molecule has 1 fully saturated rings. The Morgan fingerprint density at radius 1 is 1.18 bits per heavy atom. The Morgan fingerprint density at radius 3 is 2.50 bits per heavy atom. The zero-order chi connectivity index (χ0) is 20.6. The van der Waals surface area contributed by atoms with Gasteiger partial charge in [-0.05, 0) is 37.5 Å². The molecule has 0 aromatic heterocycles. The average molecular weight is 398 g/mol. The number of hydrogen-bond donors (Lipinski definition) is 2. The van der Waals surface area contributed by atoms with Gasteiger partial charge in [-0.15, -0.1) is 0 Å². The lowest BCUT2D eigenvalue weighted by atomic mass is 9.80. The van der Waals surface area contributed by atoms with Gasteiger partial charge in [0.15, 0.2) is 11.5 Å². The molecule has 1 aromatic rings. The summed E-state index contributed by atoms with van der Waals surface area (Å²) in [5.41, 5.74) is -0.852. The molecule has 28 heavy (non-hydrogen) atoms.